The molecule has 2 aromatic rings. The molecule has 20 heavy (non-hydrogen) atoms. The zero-order valence-electron chi connectivity index (χ0n) is 12.0. The highest BCUT2D eigenvalue weighted by atomic mass is 79.9. The minimum atomic E-state index is 0.215. The lowest BCUT2D eigenvalue weighted by Gasteiger charge is -2.20. The molecule has 0 spiro atoms. The quantitative estimate of drug-likeness (QED) is 0.905. The summed E-state index contributed by atoms with van der Waals surface area (Å²) in [6.45, 7) is 2.04. The van der Waals surface area contributed by atoms with Crippen molar-refractivity contribution in [3.8, 4) is 5.75 Å². The highest BCUT2D eigenvalue weighted by Gasteiger charge is 2.15. The third-order valence-corrected chi connectivity index (χ3v) is 3.93. The summed E-state index contributed by atoms with van der Waals surface area (Å²) in [5, 5.41) is 3.37. The summed E-state index contributed by atoms with van der Waals surface area (Å²) in [5.41, 5.74) is 3.45. The Kier molecular flexibility index (Phi) is 5.15. The third kappa shape index (κ3) is 3.38. The van der Waals surface area contributed by atoms with E-state index in [1.165, 1.54) is 11.1 Å². The van der Waals surface area contributed by atoms with Crippen LogP contribution in [0.1, 0.15) is 22.9 Å². The van der Waals surface area contributed by atoms with Crippen LogP contribution < -0.4 is 10.1 Å². The molecule has 2 rings (SSSR count). The molecule has 1 aromatic carbocycles. The van der Waals surface area contributed by atoms with Crippen molar-refractivity contribution in [3.05, 3.63) is 57.8 Å². The molecular weight excluding hydrogens is 316 g/mol. The van der Waals surface area contributed by atoms with Gasteiger partial charge in [0.2, 0.25) is 0 Å². The van der Waals surface area contributed by atoms with E-state index in [1.807, 2.05) is 38.4 Å². The maximum Gasteiger partial charge on any atom is 0.122 e. The molecule has 4 heteroatoms. The molecule has 0 aliphatic heterocycles. The van der Waals surface area contributed by atoms with Gasteiger partial charge >= 0.3 is 0 Å². The minimum Gasteiger partial charge on any atom is -0.496 e. The molecule has 0 fully saturated rings. The Balaban J connectivity index is 2.31. The second-order valence-corrected chi connectivity index (χ2v) is 5.60. The lowest BCUT2D eigenvalue weighted by Crippen LogP contribution is -2.20. The first kappa shape index (κ1) is 15.0. The number of halogens is 1. The first-order valence-electron chi connectivity index (χ1n) is 6.57. The van der Waals surface area contributed by atoms with Crippen molar-refractivity contribution in [1.82, 2.24) is 10.3 Å². The Hall–Kier alpha value is -1.39. The molecule has 1 heterocycles. The van der Waals surface area contributed by atoms with Crippen molar-refractivity contribution in [2.24, 2.45) is 0 Å². The third-order valence-electron chi connectivity index (χ3n) is 3.44. The smallest absolute Gasteiger partial charge is 0.122 e. The van der Waals surface area contributed by atoms with Crippen molar-refractivity contribution < 1.29 is 4.74 Å². The molecule has 0 amide bonds. The van der Waals surface area contributed by atoms with Gasteiger partial charge < -0.3 is 10.1 Å². The van der Waals surface area contributed by atoms with E-state index in [2.05, 4.69) is 38.4 Å². The van der Waals surface area contributed by atoms with E-state index in [0.717, 1.165) is 22.3 Å². The number of nitrogens with one attached hydrogen (secondary N) is 1. The summed E-state index contributed by atoms with van der Waals surface area (Å²) in [6.07, 6.45) is 2.68. The molecule has 0 aliphatic carbocycles. The van der Waals surface area contributed by atoms with Gasteiger partial charge in [-0.05, 0) is 55.8 Å². The van der Waals surface area contributed by atoms with Gasteiger partial charge in [0.1, 0.15) is 5.75 Å². The van der Waals surface area contributed by atoms with Crippen LogP contribution in [0, 0.1) is 6.92 Å². The van der Waals surface area contributed by atoms with E-state index in [4.69, 9.17) is 4.74 Å². The van der Waals surface area contributed by atoms with Crippen molar-refractivity contribution in [2.45, 2.75) is 19.4 Å². The van der Waals surface area contributed by atoms with Gasteiger partial charge in [0, 0.05) is 22.4 Å². The van der Waals surface area contributed by atoms with E-state index < -0.39 is 0 Å². The van der Waals surface area contributed by atoms with Gasteiger partial charge in [-0.3, -0.25) is 4.98 Å². The van der Waals surface area contributed by atoms with E-state index in [1.54, 1.807) is 7.11 Å². The lowest BCUT2D eigenvalue weighted by atomic mass is 9.97. The van der Waals surface area contributed by atoms with Crippen LogP contribution in [-0.4, -0.2) is 19.1 Å². The average molecular weight is 335 g/mol. The number of nitrogens with zero attached hydrogens (tertiary/aromatic N) is 1. The van der Waals surface area contributed by atoms with Crippen molar-refractivity contribution in [3.63, 3.8) is 0 Å². The lowest BCUT2D eigenvalue weighted by molar-refractivity contribution is 0.406. The number of ether oxygens (including phenoxy) is 1. The fraction of sp³-hybridized carbons (Fsp3) is 0.312. The Morgan fingerprint density at radius 3 is 2.80 bits per heavy atom. The highest BCUT2D eigenvalue weighted by Crippen LogP contribution is 2.28. The molecule has 106 valence electrons. The largest absolute Gasteiger partial charge is 0.496 e. The molecular formula is C16H19BrN2O. The molecule has 0 saturated carbocycles. The van der Waals surface area contributed by atoms with Crippen LogP contribution in [-0.2, 0) is 6.42 Å². The predicted molar refractivity (Wildman–Crippen MR) is 85.2 cm³/mol. The molecule has 1 unspecified atom stereocenters. The normalized spacial score (nSPS) is 12.2. The molecule has 1 atom stereocenters. The predicted octanol–water partition coefficient (Wildman–Crippen LogP) is 3.66. The van der Waals surface area contributed by atoms with Gasteiger partial charge in [-0.1, -0.05) is 22.0 Å². The summed E-state index contributed by atoms with van der Waals surface area (Å²) < 4.78 is 6.51. The fourth-order valence-electron chi connectivity index (χ4n) is 2.36. The molecule has 0 aliphatic rings. The summed E-state index contributed by atoms with van der Waals surface area (Å²) in [6, 6.07) is 10.4. The minimum absolute atomic E-state index is 0.215. The van der Waals surface area contributed by atoms with E-state index in [9.17, 15) is 0 Å². The van der Waals surface area contributed by atoms with Crippen LogP contribution in [0.3, 0.4) is 0 Å². The fourth-order valence-corrected chi connectivity index (χ4v) is 2.77. The van der Waals surface area contributed by atoms with Gasteiger partial charge in [-0.25, -0.2) is 0 Å². The van der Waals surface area contributed by atoms with Gasteiger partial charge in [-0.15, -0.1) is 0 Å². The highest BCUT2D eigenvalue weighted by molar-refractivity contribution is 9.10. The molecule has 1 N–H and O–H groups in total. The number of methoxy groups -OCH3 is 1. The second-order valence-electron chi connectivity index (χ2n) is 4.68. The molecule has 0 bridgehead atoms. The number of hydrogen-bond donors (Lipinski definition) is 1. The maximum absolute atomic E-state index is 5.45. The van der Waals surface area contributed by atoms with Crippen LogP contribution in [0.15, 0.2) is 41.0 Å². The number of pyridine rings is 1. The van der Waals surface area contributed by atoms with Crippen LogP contribution in [0.2, 0.25) is 0 Å². The molecule has 0 saturated heterocycles. The zero-order valence-corrected chi connectivity index (χ0v) is 13.6. The second kappa shape index (κ2) is 6.86. The summed E-state index contributed by atoms with van der Waals surface area (Å²) in [7, 11) is 3.68. The van der Waals surface area contributed by atoms with E-state index >= 15 is 0 Å². The van der Waals surface area contributed by atoms with Crippen LogP contribution in [0.5, 0.6) is 5.75 Å². The average Bonchev–Trinajstić information content (AvgIpc) is 2.46. The number of benzene rings is 1. The molecule has 1 aromatic heterocycles. The Morgan fingerprint density at radius 2 is 2.15 bits per heavy atom. The molecule has 3 nitrogen and oxygen atoms in total. The number of hydrogen-bond acceptors (Lipinski definition) is 3. The standard InChI is InChI=1S/C16H19BrN2O/c1-11-14(5-4-8-19-11)15(18-2)10-12-9-13(17)6-7-16(12)20-3/h4-9,15,18H,10H2,1-3H3. The zero-order chi connectivity index (χ0) is 14.5. The van der Waals surface area contributed by atoms with Crippen molar-refractivity contribution in [1.29, 1.82) is 0 Å². The maximum atomic E-state index is 5.45. The van der Waals surface area contributed by atoms with Crippen LogP contribution in [0.25, 0.3) is 0 Å². The van der Waals surface area contributed by atoms with E-state index in [0.29, 0.717) is 0 Å². The molecule has 0 radical (unpaired) electrons. The van der Waals surface area contributed by atoms with Gasteiger partial charge in [-0.2, -0.15) is 0 Å². The number of rotatable bonds is 5. The number of likely N-dealkylation sites (N-methyl/N-ethyl adjacent to an activating group) is 1. The van der Waals surface area contributed by atoms with Crippen LogP contribution in [0.4, 0.5) is 0 Å². The van der Waals surface area contributed by atoms with Gasteiger partial charge in [0.05, 0.1) is 7.11 Å². The number of aryl methyl sites for hydroxylation is 1. The Labute approximate surface area is 128 Å². The SMILES string of the molecule is CNC(Cc1cc(Br)ccc1OC)c1cccnc1C. The number of aromatic nitrogens is 1. The van der Waals surface area contributed by atoms with Gasteiger partial charge in [0.15, 0.2) is 0 Å². The van der Waals surface area contributed by atoms with Crippen LogP contribution >= 0.6 is 15.9 Å². The van der Waals surface area contributed by atoms with Crippen molar-refractivity contribution >= 4 is 15.9 Å². The monoisotopic (exact) mass is 334 g/mol. The first-order valence-corrected chi connectivity index (χ1v) is 7.36. The van der Waals surface area contributed by atoms with Gasteiger partial charge in [0.25, 0.3) is 0 Å². The van der Waals surface area contributed by atoms with Crippen molar-refractivity contribution in [2.75, 3.05) is 14.2 Å². The topological polar surface area (TPSA) is 34.1 Å². The summed E-state index contributed by atoms with van der Waals surface area (Å²) in [5.74, 6) is 0.912. The van der Waals surface area contributed by atoms with E-state index in [-0.39, 0.29) is 6.04 Å². The Bertz CT molecular complexity index is 586. The first-order chi connectivity index (χ1) is 9.65. The summed E-state index contributed by atoms with van der Waals surface area (Å²) >= 11 is 3.52. The Morgan fingerprint density at radius 1 is 1.35 bits per heavy atom. The summed E-state index contributed by atoms with van der Waals surface area (Å²) in [4.78, 5) is 4.37.